The van der Waals surface area contributed by atoms with Gasteiger partial charge in [-0.25, -0.2) is 0 Å². The largest absolute Gasteiger partial charge is 0.411 e. The second-order valence-corrected chi connectivity index (χ2v) is 21.3. The van der Waals surface area contributed by atoms with E-state index in [0.717, 1.165) is 6.42 Å². The van der Waals surface area contributed by atoms with Gasteiger partial charge in [-0.15, -0.1) is 0 Å². The predicted molar refractivity (Wildman–Crippen MR) is 109 cm³/mol. The van der Waals surface area contributed by atoms with Crippen LogP contribution in [-0.4, -0.2) is 39.2 Å². The van der Waals surface area contributed by atoms with Crippen LogP contribution < -0.4 is 0 Å². The lowest BCUT2D eigenvalue weighted by molar-refractivity contribution is -0.117. The lowest BCUT2D eigenvalue weighted by atomic mass is 10.1. The zero-order chi connectivity index (χ0) is 18.7. The third-order valence-corrected chi connectivity index (χ3v) is 16.9. The number of hydrogen-bond acceptors (Lipinski definition) is 4. The zero-order valence-electron chi connectivity index (χ0n) is 17.1. The van der Waals surface area contributed by atoms with E-state index in [2.05, 4.69) is 67.7 Å². The van der Waals surface area contributed by atoms with E-state index < -0.39 is 16.6 Å². The molecule has 0 aromatic heterocycles. The topological polar surface area (TPSA) is 35.5 Å². The van der Waals surface area contributed by atoms with Gasteiger partial charge >= 0.3 is 0 Å². The summed E-state index contributed by atoms with van der Waals surface area (Å²) in [5.41, 5.74) is 0. The summed E-state index contributed by atoms with van der Waals surface area (Å²) in [6, 6.07) is 0. The van der Waals surface area contributed by atoms with Gasteiger partial charge in [0.25, 0.3) is 0 Å². The molecule has 1 aliphatic carbocycles. The minimum absolute atomic E-state index is 0.0314. The van der Waals surface area contributed by atoms with Crippen LogP contribution in [0.4, 0.5) is 0 Å². The summed E-state index contributed by atoms with van der Waals surface area (Å²) >= 11 is 1.51. The van der Waals surface area contributed by atoms with Crippen molar-refractivity contribution in [1.82, 2.24) is 0 Å². The third kappa shape index (κ3) is 3.73. The molecule has 2 aliphatic rings. The SMILES string of the molecule is CC(C)(C)[Si](C)(C)O[C@@H]1[C@H](O[Si](C)(C)C(C)(C)C)[C@H]2C[C@@H]1SC2=O. The second kappa shape index (κ2) is 6.22. The van der Waals surface area contributed by atoms with Crippen molar-refractivity contribution >= 4 is 33.5 Å². The number of carbonyl (C=O) groups excluding carboxylic acids is 1. The first kappa shape index (κ1) is 20.7. The Bertz CT molecular complexity index is 505. The Labute approximate surface area is 154 Å². The number of fused-ring (bicyclic) bond motifs is 2. The molecule has 0 spiro atoms. The average Bonchev–Trinajstić information content (AvgIpc) is 2.84. The van der Waals surface area contributed by atoms with E-state index in [-0.39, 0.29) is 33.5 Å². The Morgan fingerprint density at radius 1 is 0.875 bits per heavy atom. The van der Waals surface area contributed by atoms with Gasteiger partial charge in [0.1, 0.15) is 0 Å². The van der Waals surface area contributed by atoms with Gasteiger partial charge in [0.05, 0.1) is 18.1 Å². The van der Waals surface area contributed by atoms with Gasteiger partial charge in [-0.2, -0.15) is 0 Å². The molecule has 6 heteroatoms. The van der Waals surface area contributed by atoms with Crippen molar-refractivity contribution in [2.75, 3.05) is 0 Å². The maximum absolute atomic E-state index is 12.3. The van der Waals surface area contributed by atoms with Crippen LogP contribution in [0.25, 0.3) is 0 Å². The van der Waals surface area contributed by atoms with E-state index >= 15 is 0 Å². The molecule has 24 heavy (non-hydrogen) atoms. The molecule has 4 atom stereocenters. The highest BCUT2D eigenvalue weighted by molar-refractivity contribution is 8.14. The fraction of sp³-hybridized carbons (Fsp3) is 0.944. The number of hydrogen-bond donors (Lipinski definition) is 0. The monoisotopic (exact) mass is 388 g/mol. The fourth-order valence-electron chi connectivity index (χ4n) is 2.87. The first-order chi connectivity index (χ1) is 10.6. The third-order valence-electron chi connectivity index (χ3n) is 6.62. The maximum atomic E-state index is 12.3. The molecule has 3 nitrogen and oxygen atoms in total. The lowest BCUT2D eigenvalue weighted by Gasteiger charge is -2.45. The molecule has 1 saturated heterocycles. The summed E-state index contributed by atoms with van der Waals surface area (Å²) in [4.78, 5) is 12.3. The summed E-state index contributed by atoms with van der Waals surface area (Å²) in [6.07, 6.45) is 0.966. The highest BCUT2D eigenvalue weighted by Crippen LogP contribution is 2.52. The molecule has 2 fully saturated rings. The van der Waals surface area contributed by atoms with Crippen LogP contribution in [0, 0.1) is 5.92 Å². The Kier molecular flexibility index (Phi) is 5.36. The quantitative estimate of drug-likeness (QED) is 0.602. The molecule has 0 radical (unpaired) electrons. The van der Waals surface area contributed by atoms with Crippen molar-refractivity contribution in [3.63, 3.8) is 0 Å². The van der Waals surface area contributed by atoms with Gasteiger partial charge < -0.3 is 8.85 Å². The Morgan fingerprint density at radius 3 is 1.71 bits per heavy atom. The highest BCUT2D eigenvalue weighted by Gasteiger charge is 2.58. The molecule has 0 aromatic rings. The summed E-state index contributed by atoms with van der Waals surface area (Å²) in [6.45, 7) is 22.7. The van der Waals surface area contributed by atoms with Gasteiger partial charge in [0.15, 0.2) is 21.8 Å². The average molecular weight is 389 g/mol. The van der Waals surface area contributed by atoms with Crippen molar-refractivity contribution < 1.29 is 13.6 Å². The molecule has 1 aliphatic heterocycles. The Balaban J connectivity index is 2.25. The van der Waals surface area contributed by atoms with Crippen molar-refractivity contribution in [2.24, 2.45) is 5.92 Å². The van der Waals surface area contributed by atoms with Gasteiger partial charge in [0.2, 0.25) is 0 Å². The molecule has 140 valence electrons. The molecular formula is C18H36O3SSi2. The summed E-state index contributed by atoms with van der Waals surface area (Å²) < 4.78 is 13.5. The molecule has 2 rings (SSSR count). The first-order valence-corrected chi connectivity index (χ1v) is 15.8. The van der Waals surface area contributed by atoms with E-state index in [1.807, 2.05) is 0 Å². The number of carbonyl (C=O) groups is 1. The van der Waals surface area contributed by atoms with Crippen LogP contribution in [0.3, 0.4) is 0 Å². The van der Waals surface area contributed by atoms with Crippen LogP contribution in [0.2, 0.25) is 36.3 Å². The fourth-order valence-corrected chi connectivity index (χ4v) is 6.98. The van der Waals surface area contributed by atoms with Crippen LogP contribution >= 0.6 is 11.8 Å². The summed E-state index contributed by atoms with van der Waals surface area (Å²) in [5.74, 6) is 0.0314. The van der Waals surface area contributed by atoms with E-state index in [1.54, 1.807) is 0 Å². The van der Waals surface area contributed by atoms with Gasteiger partial charge in [-0.05, 0) is 42.7 Å². The van der Waals surface area contributed by atoms with E-state index in [9.17, 15) is 4.79 Å². The smallest absolute Gasteiger partial charge is 0.195 e. The molecule has 0 amide bonds. The van der Waals surface area contributed by atoms with Gasteiger partial charge in [-0.1, -0.05) is 53.3 Å². The minimum atomic E-state index is -1.93. The number of thioether (sulfide) groups is 1. The second-order valence-electron chi connectivity index (χ2n) is 10.5. The molecular weight excluding hydrogens is 352 g/mol. The van der Waals surface area contributed by atoms with Crippen LogP contribution in [0.15, 0.2) is 0 Å². The standard InChI is InChI=1S/C18H36O3SSi2/c1-17(2,3)23(7,8)20-14-12-11-13(22-16(12)19)15(14)21-24(9,10)18(4,5)6/h12-15H,11H2,1-10H3/t12-,13+,14-,15+/m1/s1. The zero-order valence-corrected chi connectivity index (χ0v) is 20.0. The molecule has 1 heterocycles. The lowest BCUT2D eigenvalue weighted by Crippen LogP contribution is -2.54. The Hall–Kier alpha value is 0.374. The van der Waals surface area contributed by atoms with Gasteiger partial charge in [-0.3, -0.25) is 4.79 Å². The number of rotatable bonds is 4. The van der Waals surface area contributed by atoms with Crippen LogP contribution in [0.5, 0.6) is 0 Å². The van der Waals surface area contributed by atoms with Crippen molar-refractivity contribution in [1.29, 1.82) is 0 Å². The first-order valence-electron chi connectivity index (χ1n) is 9.13. The molecule has 0 N–H and O–H groups in total. The molecule has 2 bridgehead atoms. The summed E-state index contributed by atoms with van der Waals surface area (Å²) in [5, 5.41) is 0.919. The van der Waals surface area contributed by atoms with Gasteiger partial charge in [0, 0.05) is 5.25 Å². The van der Waals surface area contributed by atoms with E-state index in [1.165, 1.54) is 11.8 Å². The van der Waals surface area contributed by atoms with Crippen molar-refractivity contribution in [3.05, 3.63) is 0 Å². The van der Waals surface area contributed by atoms with Crippen molar-refractivity contribution in [3.8, 4) is 0 Å². The minimum Gasteiger partial charge on any atom is -0.411 e. The molecule has 0 aromatic carbocycles. The summed E-state index contributed by atoms with van der Waals surface area (Å²) in [7, 11) is -3.81. The van der Waals surface area contributed by atoms with E-state index in [0.29, 0.717) is 5.12 Å². The van der Waals surface area contributed by atoms with Crippen molar-refractivity contribution in [2.45, 2.75) is 102 Å². The van der Waals surface area contributed by atoms with Crippen LogP contribution in [0.1, 0.15) is 48.0 Å². The van der Waals surface area contributed by atoms with E-state index in [4.69, 9.17) is 8.85 Å². The van der Waals surface area contributed by atoms with Crippen LogP contribution in [-0.2, 0) is 13.6 Å². The normalized spacial score (nSPS) is 31.8. The molecule has 1 saturated carbocycles. The predicted octanol–water partition coefficient (Wildman–Crippen LogP) is 5.43. The molecule has 0 unspecified atom stereocenters. The maximum Gasteiger partial charge on any atom is 0.195 e. The Morgan fingerprint density at radius 2 is 1.29 bits per heavy atom. The highest BCUT2D eigenvalue weighted by atomic mass is 32.2.